The zero-order valence-corrected chi connectivity index (χ0v) is 39.8. The predicted molar refractivity (Wildman–Crippen MR) is 247 cm³/mol. The monoisotopic (exact) mass is 1010 g/mol. The highest BCUT2D eigenvalue weighted by molar-refractivity contribution is 9.11. The Balaban J connectivity index is 0.000000147. The van der Waals surface area contributed by atoms with Crippen molar-refractivity contribution in [3.63, 3.8) is 0 Å². The van der Waals surface area contributed by atoms with Crippen molar-refractivity contribution in [2.75, 3.05) is 0 Å². The fraction of sp³-hybridized carbons (Fsp3) is 0.238. The highest BCUT2D eigenvalue weighted by Crippen LogP contribution is 2.36. The Bertz CT molecular complexity index is 2510. The number of pyridine rings is 4. The molecule has 0 unspecified atom stereocenters. The van der Waals surface area contributed by atoms with E-state index >= 15 is 0 Å². The second-order valence-electron chi connectivity index (χ2n) is 14.2. The molecule has 316 valence electrons. The molecule has 0 amide bonds. The first-order valence-electron chi connectivity index (χ1n) is 18.8. The maximum absolute atomic E-state index is 11.5. The van der Waals surface area contributed by atoms with Gasteiger partial charge < -0.3 is 14.5 Å². The maximum atomic E-state index is 11.5. The Labute approximate surface area is 380 Å². The van der Waals surface area contributed by atoms with E-state index in [0.29, 0.717) is 5.69 Å². The third-order valence-electron chi connectivity index (χ3n) is 9.49. The summed E-state index contributed by atoms with van der Waals surface area (Å²) in [6.45, 7) is 8.18. The number of rotatable bonds is 4. The fourth-order valence-electron chi connectivity index (χ4n) is 5.57. The van der Waals surface area contributed by atoms with Crippen LogP contribution in [0, 0.1) is 5.21 Å². The summed E-state index contributed by atoms with van der Waals surface area (Å²) in [5.41, 5.74) is 5.65. The first-order valence-corrected chi connectivity index (χ1v) is 21.2. The van der Waals surface area contributed by atoms with E-state index in [9.17, 15) is 5.21 Å². The van der Waals surface area contributed by atoms with E-state index in [4.69, 9.17) is 9.31 Å². The minimum Gasteiger partial charge on any atom is -0.618 e. The second kappa shape index (κ2) is 21.5. The molecule has 0 radical (unpaired) electrons. The summed E-state index contributed by atoms with van der Waals surface area (Å²) in [5, 5.41) is 27.8. The van der Waals surface area contributed by atoms with Gasteiger partial charge in [0, 0.05) is 71.3 Å². The van der Waals surface area contributed by atoms with E-state index in [2.05, 4.69) is 83.1 Å². The molecule has 15 nitrogen and oxygen atoms in total. The number of nitrogens with zero attached hydrogens (tertiary/aromatic N) is 12. The van der Waals surface area contributed by atoms with Crippen molar-refractivity contribution in [3.05, 3.63) is 153 Å². The first kappa shape index (κ1) is 46.7. The van der Waals surface area contributed by atoms with Crippen molar-refractivity contribution in [2.45, 2.75) is 38.9 Å². The Kier molecular flexibility index (Phi) is 16.4. The largest absolute Gasteiger partial charge is 0.618 e. The van der Waals surface area contributed by atoms with Crippen LogP contribution in [0.25, 0.3) is 34.2 Å². The van der Waals surface area contributed by atoms with E-state index < -0.39 is 0 Å². The Morgan fingerprint density at radius 1 is 0.557 bits per heavy atom. The van der Waals surface area contributed by atoms with Crippen LogP contribution in [0.4, 0.5) is 0 Å². The van der Waals surface area contributed by atoms with E-state index in [-0.39, 0.29) is 18.3 Å². The molecule has 0 aromatic carbocycles. The first-order chi connectivity index (χ1) is 29.1. The van der Waals surface area contributed by atoms with Crippen molar-refractivity contribution in [1.82, 2.24) is 54.1 Å². The molecule has 1 saturated heterocycles. The predicted octanol–water partition coefficient (Wildman–Crippen LogP) is 7.77. The summed E-state index contributed by atoms with van der Waals surface area (Å²) in [5.74, 6) is 0. The molecule has 9 heterocycles. The molecule has 0 saturated carbocycles. The summed E-state index contributed by atoms with van der Waals surface area (Å²) in [6.07, 6.45) is 13.7. The van der Waals surface area contributed by atoms with Gasteiger partial charge in [-0.05, 0) is 130 Å². The molecule has 1 aliphatic rings. The number of aromatic nitrogens is 12. The zero-order chi connectivity index (χ0) is 44.2. The lowest BCUT2D eigenvalue weighted by Gasteiger charge is -2.32. The number of aryl methyl sites for hydroxylation is 4. The van der Waals surface area contributed by atoms with Crippen LogP contribution in [0.5, 0.6) is 0 Å². The van der Waals surface area contributed by atoms with Gasteiger partial charge in [0.1, 0.15) is 16.0 Å². The summed E-state index contributed by atoms with van der Waals surface area (Å²) < 4.78 is 22.3. The third-order valence-corrected chi connectivity index (χ3v) is 11.1. The standard InChI is InChI=1S/C10H17BN2O2.C9H8BrN3O.C9H8BrN3.C9H9N3.C5H4BrN/c1-9(2)10(3,4)15-11(14-9)8-6-7-12-13(8)5;1-12-9(7(10)6-11-12)8-4-2-3-5-13(8)14;1-13-9(7(10)6-12-13)8-4-2-3-5-11-8;1-12-9(5-7-11-12)8-4-2-3-6-10-8;6-5-3-1-2-4-7-5/h6-7H,1-5H3;2-6H,1H3;2-6H,1H3;2-7H,1H3;1-4H. The van der Waals surface area contributed by atoms with E-state index in [0.717, 1.165) is 52.3 Å². The average Bonchev–Trinajstić information content (AvgIpc) is 4.07. The molecule has 9 rings (SSSR count). The van der Waals surface area contributed by atoms with Crippen molar-refractivity contribution < 1.29 is 14.0 Å². The lowest BCUT2D eigenvalue weighted by atomic mass is 9.85. The van der Waals surface area contributed by atoms with E-state index in [1.165, 1.54) is 6.20 Å². The zero-order valence-electron chi connectivity index (χ0n) is 35.0. The highest BCUT2D eigenvalue weighted by atomic mass is 79.9. The molecule has 8 aromatic heterocycles. The maximum Gasteiger partial charge on any atom is 0.514 e. The van der Waals surface area contributed by atoms with Gasteiger partial charge in [-0.25, -0.2) is 4.98 Å². The number of hydrogen-bond donors (Lipinski definition) is 0. The van der Waals surface area contributed by atoms with Crippen LogP contribution in [-0.2, 0) is 37.5 Å². The Morgan fingerprint density at radius 2 is 1.08 bits per heavy atom. The fourth-order valence-corrected chi connectivity index (χ4v) is 6.95. The van der Waals surface area contributed by atoms with Crippen molar-refractivity contribution >= 4 is 60.5 Å². The molecule has 1 aliphatic heterocycles. The summed E-state index contributed by atoms with van der Waals surface area (Å²) in [6, 6.07) is 26.5. The van der Waals surface area contributed by atoms with Gasteiger partial charge in [-0.15, -0.1) is 0 Å². The van der Waals surface area contributed by atoms with E-state index in [1.54, 1.807) is 76.6 Å². The van der Waals surface area contributed by atoms with Gasteiger partial charge in [0.25, 0.3) is 0 Å². The molecule has 0 N–H and O–H groups in total. The SMILES string of the molecule is Brc1ccccn1.Cn1ncc(Br)c1-c1cccc[n+]1[O-].Cn1ncc(Br)c1-c1ccccn1.Cn1nccc1-c1ccccn1.Cn1nccc1B1OC(C)(C)C(C)(C)O1. The normalized spacial score (nSPS) is 13.3. The molecular formula is C42H46BBr3N12O3. The Hall–Kier alpha value is -5.34. The molecule has 1 fully saturated rings. The lowest BCUT2D eigenvalue weighted by Crippen LogP contribution is -2.41. The van der Waals surface area contributed by atoms with Crippen molar-refractivity contribution in [1.29, 1.82) is 0 Å². The molecule has 8 aromatic rings. The van der Waals surface area contributed by atoms with Crippen LogP contribution in [-0.4, -0.2) is 72.4 Å². The van der Waals surface area contributed by atoms with Crippen LogP contribution in [0.15, 0.2) is 148 Å². The summed E-state index contributed by atoms with van der Waals surface area (Å²) in [7, 11) is 7.18. The van der Waals surface area contributed by atoms with Gasteiger partial charge in [-0.3, -0.25) is 28.7 Å². The average molecular weight is 1020 g/mol. The molecule has 0 bridgehead atoms. The third kappa shape index (κ3) is 12.4. The molecule has 0 aliphatic carbocycles. The van der Waals surface area contributed by atoms with Crippen LogP contribution < -0.4 is 10.3 Å². The number of halogens is 3. The molecule has 0 spiro atoms. The topological polar surface area (TPSA) is 155 Å². The molecule has 61 heavy (non-hydrogen) atoms. The summed E-state index contributed by atoms with van der Waals surface area (Å²) in [4.78, 5) is 12.4. The Morgan fingerprint density at radius 3 is 1.51 bits per heavy atom. The van der Waals surface area contributed by atoms with E-state index in [1.807, 2.05) is 126 Å². The molecule has 0 atom stereocenters. The van der Waals surface area contributed by atoms with Gasteiger partial charge >= 0.3 is 7.12 Å². The molecule has 19 heteroatoms. The second-order valence-corrected chi connectivity index (χ2v) is 16.8. The highest BCUT2D eigenvalue weighted by Gasteiger charge is 2.52. The van der Waals surface area contributed by atoms with Crippen LogP contribution >= 0.6 is 47.8 Å². The smallest absolute Gasteiger partial charge is 0.514 e. The quantitative estimate of drug-likeness (QED) is 0.0739. The lowest BCUT2D eigenvalue weighted by molar-refractivity contribution is -0.593. The van der Waals surface area contributed by atoms with Gasteiger partial charge in [0.05, 0.1) is 55.2 Å². The minimum atomic E-state index is -0.317. The van der Waals surface area contributed by atoms with Gasteiger partial charge in [-0.1, -0.05) is 18.2 Å². The van der Waals surface area contributed by atoms with Crippen LogP contribution in [0.3, 0.4) is 0 Å². The number of hydrogen-bond acceptors (Lipinski definition) is 10. The van der Waals surface area contributed by atoms with Crippen LogP contribution in [0.1, 0.15) is 27.7 Å². The molecular weight excluding hydrogens is 971 g/mol. The van der Waals surface area contributed by atoms with Crippen molar-refractivity contribution in [2.24, 2.45) is 28.2 Å². The van der Waals surface area contributed by atoms with Gasteiger partial charge in [0.2, 0.25) is 5.69 Å². The summed E-state index contributed by atoms with van der Waals surface area (Å²) >= 11 is 9.98. The van der Waals surface area contributed by atoms with Gasteiger partial charge in [-0.2, -0.15) is 25.1 Å². The minimum absolute atomic E-state index is 0.290. The van der Waals surface area contributed by atoms with Crippen molar-refractivity contribution in [3.8, 4) is 34.2 Å². The van der Waals surface area contributed by atoms with Gasteiger partial charge in [0.15, 0.2) is 6.20 Å². The van der Waals surface area contributed by atoms with Crippen LogP contribution in [0.2, 0.25) is 0 Å².